The molecule has 3 nitrogen and oxygen atoms in total. The van der Waals surface area contributed by atoms with Crippen LogP contribution in [-0.4, -0.2) is 13.3 Å². The number of aldehydes is 1. The quantitative estimate of drug-likeness (QED) is 0.331. The van der Waals surface area contributed by atoms with E-state index in [9.17, 15) is 4.79 Å². The topological polar surface area (TPSA) is 38.3 Å². The highest BCUT2D eigenvalue weighted by atomic mass is 16.5. The molecular weight excluding hydrogens is 346 g/mol. The lowest BCUT2D eigenvalue weighted by molar-refractivity contribution is -0.109. The molecule has 0 aromatic heterocycles. The Morgan fingerprint density at radius 3 is 2.07 bits per heavy atom. The number of aryl methyl sites for hydroxylation is 1. The maximum Gasteiger partial charge on any atom is 0.120 e. The lowest BCUT2D eigenvalue weighted by atomic mass is 9.93. The van der Waals surface area contributed by atoms with E-state index in [-0.39, 0.29) is 5.41 Å². The lowest BCUT2D eigenvalue weighted by Gasteiger charge is -2.12. The van der Waals surface area contributed by atoms with Crippen molar-refractivity contribution in [1.29, 1.82) is 0 Å². The normalized spacial score (nSPS) is 13.2. The van der Waals surface area contributed by atoms with Gasteiger partial charge >= 0.3 is 0 Å². The van der Waals surface area contributed by atoms with Crippen molar-refractivity contribution in [3.05, 3.63) is 70.1 Å². The van der Waals surface area contributed by atoms with Gasteiger partial charge in [-0.3, -0.25) is 0 Å². The molecule has 0 fully saturated rings. The molecule has 156 valence electrons. The molecule has 0 aliphatic rings. The summed E-state index contributed by atoms with van der Waals surface area (Å²) in [4.78, 5) is 9.82. The van der Waals surface area contributed by atoms with Gasteiger partial charge in [-0.1, -0.05) is 56.7 Å². The molecule has 0 aliphatic carbocycles. The first-order valence-corrected chi connectivity index (χ1v) is 9.86. The maximum absolute atomic E-state index is 9.82. The molecule has 0 atom stereocenters. The van der Waals surface area contributed by atoms with Crippen LogP contribution in [0, 0.1) is 12.3 Å². The number of hydrogen-bond donors (Lipinski definition) is 1. The van der Waals surface area contributed by atoms with Gasteiger partial charge in [-0.05, 0) is 62.8 Å². The van der Waals surface area contributed by atoms with Crippen LogP contribution in [0.4, 0.5) is 0 Å². The van der Waals surface area contributed by atoms with E-state index in [1.807, 2.05) is 41.7 Å². The largest absolute Gasteiger partial charge is 0.494 e. The van der Waals surface area contributed by atoms with Crippen LogP contribution in [0.2, 0.25) is 0 Å². The molecule has 1 N–H and O–H groups in total. The molecule has 0 radical (unpaired) electrons. The Morgan fingerprint density at radius 1 is 1.11 bits per heavy atom. The van der Waals surface area contributed by atoms with E-state index in [2.05, 4.69) is 62.5 Å². The van der Waals surface area contributed by atoms with Crippen molar-refractivity contribution < 1.29 is 9.53 Å². The summed E-state index contributed by atoms with van der Waals surface area (Å²) >= 11 is 0. The van der Waals surface area contributed by atoms with Gasteiger partial charge in [0.2, 0.25) is 0 Å². The Bertz CT molecular complexity index is 686. The van der Waals surface area contributed by atoms with Gasteiger partial charge in [0.05, 0.1) is 5.76 Å². The summed E-state index contributed by atoms with van der Waals surface area (Å²) < 4.78 is 5.83. The summed E-state index contributed by atoms with van der Waals surface area (Å²) in [6, 6.07) is 8.43. The van der Waals surface area contributed by atoms with Crippen molar-refractivity contribution in [3.8, 4) is 0 Å². The van der Waals surface area contributed by atoms with Crippen LogP contribution in [-0.2, 0) is 16.1 Å². The summed E-state index contributed by atoms with van der Waals surface area (Å²) in [6.07, 6.45) is 5.80. The van der Waals surface area contributed by atoms with Crippen molar-refractivity contribution in [2.45, 2.75) is 68.4 Å². The number of likely N-dealkylation sites (N-methyl/N-ethyl adjacent to an activating group) is 1. The molecule has 28 heavy (non-hydrogen) atoms. The highest BCUT2D eigenvalue weighted by Gasteiger charge is 2.07. The van der Waals surface area contributed by atoms with Crippen LogP contribution in [0.1, 0.15) is 66.0 Å². The highest BCUT2D eigenvalue weighted by Crippen LogP contribution is 2.16. The molecule has 0 spiro atoms. The first kappa shape index (κ1) is 25.7. The average Bonchev–Trinajstić information content (AvgIpc) is 2.61. The number of rotatable bonds is 7. The molecule has 0 aliphatic heterocycles. The average molecular weight is 386 g/mol. The molecular formula is C25H39NO2. The maximum atomic E-state index is 9.82. The fourth-order valence-electron chi connectivity index (χ4n) is 2.40. The predicted molar refractivity (Wildman–Crippen MR) is 121 cm³/mol. The van der Waals surface area contributed by atoms with Crippen molar-refractivity contribution in [1.82, 2.24) is 5.32 Å². The van der Waals surface area contributed by atoms with Crippen molar-refractivity contribution in [2.24, 2.45) is 5.41 Å². The Kier molecular flexibility index (Phi) is 11.9. The van der Waals surface area contributed by atoms with E-state index >= 15 is 0 Å². The van der Waals surface area contributed by atoms with Crippen LogP contribution >= 0.6 is 0 Å². The molecule has 1 aromatic carbocycles. The molecule has 0 unspecified atom stereocenters. The number of ether oxygens (including phenoxy) is 1. The first-order valence-electron chi connectivity index (χ1n) is 9.86. The van der Waals surface area contributed by atoms with Crippen LogP contribution in [0.5, 0.6) is 0 Å². The predicted octanol–water partition coefficient (Wildman–Crippen LogP) is 6.50. The fourth-order valence-corrected chi connectivity index (χ4v) is 2.40. The zero-order valence-corrected chi connectivity index (χ0v) is 19.3. The number of nitrogens with one attached hydrogen (secondary N) is 1. The van der Waals surface area contributed by atoms with Crippen molar-refractivity contribution >= 4 is 6.29 Å². The monoisotopic (exact) mass is 385 g/mol. The Balaban J connectivity index is 0.000000887. The third kappa shape index (κ3) is 11.4. The summed E-state index contributed by atoms with van der Waals surface area (Å²) in [6.45, 7) is 17.1. The lowest BCUT2D eigenvalue weighted by Crippen LogP contribution is -2.09. The summed E-state index contributed by atoms with van der Waals surface area (Å²) in [7, 11) is 1.95. The standard InChI is InChI=1S/C19H27NO.C6H12O/c1-7-15(3)19(20-6)16(4)12-17(5)21-13-18-10-8-14(2)9-11-18;1-6(2,3)4-5-7/h7-12,20H,13H2,1-6H3;5H,4H2,1-3H3/b15-7-,17-12+,19-16+;. The molecule has 0 saturated carbocycles. The van der Waals surface area contributed by atoms with Crippen LogP contribution < -0.4 is 5.32 Å². The molecule has 1 aromatic rings. The van der Waals surface area contributed by atoms with Crippen molar-refractivity contribution in [3.63, 3.8) is 0 Å². The van der Waals surface area contributed by atoms with E-state index in [1.54, 1.807) is 0 Å². The van der Waals surface area contributed by atoms with Crippen LogP contribution in [0.25, 0.3) is 0 Å². The van der Waals surface area contributed by atoms with Crippen LogP contribution in [0.15, 0.2) is 59.0 Å². The van der Waals surface area contributed by atoms with Gasteiger partial charge < -0.3 is 14.8 Å². The molecule has 3 heteroatoms. The molecule has 1 rings (SSSR count). The number of hydrogen-bond acceptors (Lipinski definition) is 3. The molecule has 0 heterocycles. The SMILES string of the molecule is CC(C)(C)CC=O.C\C=C(C)/C(NC)=C(C)\C=C(/C)OCc1ccc(C)cc1. The smallest absolute Gasteiger partial charge is 0.120 e. The minimum absolute atomic E-state index is 0.182. The number of carbonyl (C=O) groups excluding carboxylic acids is 1. The van der Waals surface area contributed by atoms with E-state index in [0.717, 1.165) is 17.7 Å². The Morgan fingerprint density at radius 2 is 1.68 bits per heavy atom. The Hall–Kier alpha value is -2.29. The fraction of sp³-hybridized carbons (Fsp3) is 0.480. The molecule has 0 saturated heterocycles. The zero-order chi connectivity index (χ0) is 21.7. The van der Waals surface area contributed by atoms with Gasteiger partial charge in [0.25, 0.3) is 0 Å². The zero-order valence-electron chi connectivity index (χ0n) is 19.3. The van der Waals surface area contributed by atoms with E-state index in [4.69, 9.17) is 4.74 Å². The van der Waals surface area contributed by atoms with Gasteiger partial charge in [-0.25, -0.2) is 0 Å². The van der Waals surface area contributed by atoms with Crippen LogP contribution in [0.3, 0.4) is 0 Å². The summed E-state index contributed by atoms with van der Waals surface area (Å²) in [5.74, 6) is 0.921. The van der Waals surface area contributed by atoms with Gasteiger partial charge in [-0.15, -0.1) is 0 Å². The van der Waals surface area contributed by atoms with E-state index in [0.29, 0.717) is 13.0 Å². The van der Waals surface area contributed by atoms with Gasteiger partial charge in [0.1, 0.15) is 12.9 Å². The van der Waals surface area contributed by atoms with E-state index in [1.165, 1.54) is 22.3 Å². The second kappa shape index (κ2) is 13.0. The minimum atomic E-state index is 0.182. The third-order valence-corrected chi connectivity index (χ3v) is 4.17. The third-order valence-electron chi connectivity index (χ3n) is 4.17. The molecule has 0 bridgehead atoms. The van der Waals surface area contributed by atoms with Gasteiger partial charge in [-0.2, -0.15) is 0 Å². The minimum Gasteiger partial charge on any atom is -0.494 e. The molecule has 0 amide bonds. The number of allylic oxidation sites excluding steroid dienone is 5. The van der Waals surface area contributed by atoms with Gasteiger partial charge in [0.15, 0.2) is 0 Å². The summed E-state index contributed by atoms with van der Waals surface area (Å²) in [5.41, 5.74) is 6.20. The second-order valence-electron chi connectivity index (χ2n) is 8.24. The van der Waals surface area contributed by atoms with Crippen molar-refractivity contribution in [2.75, 3.05) is 7.05 Å². The first-order chi connectivity index (χ1) is 13.0. The Labute approximate surface area is 172 Å². The summed E-state index contributed by atoms with van der Waals surface area (Å²) in [5, 5.41) is 3.25. The number of carbonyl (C=O) groups is 1. The van der Waals surface area contributed by atoms with E-state index < -0.39 is 0 Å². The van der Waals surface area contributed by atoms with Gasteiger partial charge in [0, 0.05) is 19.2 Å². The second-order valence-corrected chi connectivity index (χ2v) is 8.24. The highest BCUT2D eigenvalue weighted by molar-refractivity contribution is 5.50. The number of benzene rings is 1.